The van der Waals surface area contributed by atoms with Crippen LogP contribution in [-0.2, 0) is 4.74 Å². The van der Waals surface area contributed by atoms with E-state index in [9.17, 15) is 13.2 Å². The van der Waals surface area contributed by atoms with Gasteiger partial charge in [0.05, 0.1) is 6.10 Å². The zero-order chi connectivity index (χ0) is 12.2. The maximum atomic E-state index is 12.0. The van der Waals surface area contributed by atoms with Gasteiger partial charge < -0.3 is 10.5 Å². The lowest BCUT2D eigenvalue weighted by Crippen LogP contribution is -2.23. The average Bonchev–Trinajstić information content (AvgIpc) is 2.20. The largest absolute Gasteiger partial charge is 0.411 e. The first-order valence-corrected chi connectivity index (χ1v) is 5.36. The zero-order valence-electron chi connectivity index (χ0n) is 8.30. The molecule has 0 bridgehead atoms. The molecule has 0 radical (unpaired) electrons. The molecule has 0 spiro atoms. The molecule has 0 aliphatic heterocycles. The molecule has 0 aromatic heterocycles. The van der Waals surface area contributed by atoms with Crippen molar-refractivity contribution in [2.75, 3.05) is 13.2 Å². The molecule has 0 heterocycles. The Balaban J connectivity index is 2.72. The zero-order valence-corrected chi connectivity index (χ0v) is 9.88. The predicted octanol–water partition coefficient (Wildman–Crippen LogP) is 3.03. The lowest BCUT2D eigenvalue weighted by Gasteiger charge is -2.18. The summed E-state index contributed by atoms with van der Waals surface area (Å²) in [6.07, 6.45) is -5.09. The molecule has 1 aromatic carbocycles. The van der Waals surface area contributed by atoms with E-state index >= 15 is 0 Å². The molecule has 0 amide bonds. The summed E-state index contributed by atoms with van der Waals surface area (Å²) in [4.78, 5) is 0. The molecule has 16 heavy (non-hydrogen) atoms. The molecule has 1 unspecified atom stereocenters. The van der Waals surface area contributed by atoms with E-state index in [0.29, 0.717) is 10.0 Å². The highest BCUT2D eigenvalue weighted by Gasteiger charge is 2.29. The highest BCUT2D eigenvalue weighted by atomic mass is 79.9. The summed E-state index contributed by atoms with van der Waals surface area (Å²) in [5, 5.41) is 0. The van der Waals surface area contributed by atoms with Gasteiger partial charge in [0, 0.05) is 11.0 Å². The van der Waals surface area contributed by atoms with Crippen molar-refractivity contribution in [2.24, 2.45) is 5.73 Å². The molecule has 0 fully saturated rings. The van der Waals surface area contributed by atoms with Crippen molar-refractivity contribution in [1.82, 2.24) is 0 Å². The standard InChI is InChI=1S/C10H11BrF3NO/c11-8-4-2-1-3-7(8)9(5-15)16-6-10(12,13)14/h1-4,9H,5-6,15H2. The van der Waals surface area contributed by atoms with Crippen LogP contribution in [0.25, 0.3) is 0 Å². The van der Waals surface area contributed by atoms with Crippen molar-refractivity contribution in [3.8, 4) is 0 Å². The Morgan fingerprint density at radius 2 is 1.94 bits per heavy atom. The lowest BCUT2D eigenvalue weighted by molar-refractivity contribution is -0.185. The van der Waals surface area contributed by atoms with Crippen molar-refractivity contribution in [2.45, 2.75) is 12.3 Å². The van der Waals surface area contributed by atoms with Crippen LogP contribution in [0.2, 0.25) is 0 Å². The van der Waals surface area contributed by atoms with Gasteiger partial charge in [0.1, 0.15) is 6.61 Å². The van der Waals surface area contributed by atoms with Gasteiger partial charge in [-0.1, -0.05) is 34.1 Å². The van der Waals surface area contributed by atoms with Gasteiger partial charge in [-0.25, -0.2) is 0 Å². The number of ether oxygens (including phenoxy) is 1. The molecular weight excluding hydrogens is 287 g/mol. The molecule has 90 valence electrons. The number of benzene rings is 1. The molecule has 0 aliphatic carbocycles. The number of hydrogen-bond donors (Lipinski definition) is 1. The molecule has 1 aromatic rings. The van der Waals surface area contributed by atoms with Gasteiger partial charge in [0.2, 0.25) is 0 Å². The third-order valence-electron chi connectivity index (χ3n) is 1.91. The summed E-state index contributed by atoms with van der Waals surface area (Å²) in [5.74, 6) is 0. The van der Waals surface area contributed by atoms with Crippen LogP contribution in [-0.4, -0.2) is 19.3 Å². The van der Waals surface area contributed by atoms with Gasteiger partial charge in [0.25, 0.3) is 0 Å². The third-order valence-corrected chi connectivity index (χ3v) is 2.64. The van der Waals surface area contributed by atoms with E-state index in [1.54, 1.807) is 24.3 Å². The molecule has 0 aliphatic rings. The van der Waals surface area contributed by atoms with Crippen LogP contribution in [0.15, 0.2) is 28.7 Å². The van der Waals surface area contributed by atoms with Crippen LogP contribution in [0.4, 0.5) is 13.2 Å². The second kappa shape index (κ2) is 5.65. The Hall–Kier alpha value is -0.590. The Bertz CT molecular complexity index is 343. The van der Waals surface area contributed by atoms with E-state index in [0.717, 1.165) is 0 Å². The Labute approximate surface area is 99.7 Å². The van der Waals surface area contributed by atoms with Crippen LogP contribution in [0, 0.1) is 0 Å². The van der Waals surface area contributed by atoms with Crippen LogP contribution in [0.1, 0.15) is 11.7 Å². The maximum Gasteiger partial charge on any atom is 0.411 e. The first-order valence-electron chi connectivity index (χ1n) is 4.57. The Morgan fingerprint density at radius 3 is 2.44 bits per heavy atom. The van der Waals surface area contributed by atoms with Gasteiger partial charge in [-0.05, 0) is 11.6 Å². The number of nitrogens with two attached hydrogens (primary N) is 1. The first kappa shape index (κ1) is 13.5. The highest BCUT2D eigenvalue weighted by Crippen LogP contribution is 2.27. The molecule has 0 saturated heterocycles. The quantitative estimate of drug-likeness (QED) is 0.927. The van der Waals surface area contributed by atoms with E-state index < -0.39 is 18.9 Å². The van der Waals surface area contributed by atoms with Gasteiger partial charge >= 0.3 is 6.18 Å². The summed E-state index contributed by atoms with van der Waals surface area (Å²) in [5.41, 5.74) is 6.01. The minimum absolute atomic E-state index is 0.00130. The van der Waals surface area contributed by atoms with Crippen molar-refractivity contribution < 1.29 is 17.9 Å². The SMILES string of the molecule is NCC(OCC(F)(F)F)c1ccccc1Br. The van der Waals surface area contributed by atoms with Gasteiger partial charge in [-0.15, -0.1) is 0 Å². The normalized spacial score (nSPS) is 13.8. The second-order valence-electron chi connectivity index (χ2n) is 3.17. The fourth-order valence-corrected chi connectivity index (χ4v) is 1.76. The molecule has 6 heteroatoms. The number of alkyl halides is 3. The third kappa shape index (κ3) is 4.11. The highest BCUT2D eigenvalue weighted by molar-refractivity contribution is 9.10. The van der Waals surface area contributed by atoms with E-state index in [-0.39, 0.29) is 6.54 Å². The van der Waals surface area contributed by atoms with E-state index in [1.165, 1.54) is 0 Å². The van der Waals surface area contributed by atoms with E-state index in [1.807, 2.05) is 0 Å². The minimum atomic E-state index is -4.34. The summed E-state index contributed by atoms with van der Waals surface area (Å²) in [6, 6.07) is 6.90. The molecule has 1 rings (SSSR count). The smallest absolute Gasteiger partial charge is 0.363 e. The fourth-order valence-electron chi connectivity index (χ4n) is 1.22. The monoisotopic (exact) mass is 297 g/mol. The summed E-state index contributed by atoms with van der Waals surface area (Å²) >= 11 is 3.24. The fraction of sp³-hybridized carbons (Fsp3) is 0.400. The average molecular weight is 298 g/mol. The minimum Gasteiger partial charge on any atom is -0.363 e. The van der Waals surface area contributed by atoms with Crippen LogP contribution < -0.4 is 5.73 Å². The summed E-state index contributed by atoms with van der Waals surface area (Å²) in [7, 11) is 0. The topological polar surface area (TPSA) is 35.2 Å². The Kier molecular flexibility index (Phi) is 4.76. The number of hydrogen-bond acceptors (Lipinski definition) is 2. The van der Waals surface area contributed by atoms with Crippen LogP contribution >= 0.6 is 15.9 Å². The molecule has 2 N–H and O–H groups in total. The van der Waals surface area contributed by atoms with E-state index in [2.05, 4.69) is 15.9 Å². The molecule has 0 saturated carbocycles. The summed E-state index contributed by atoms with van der Waals surface area (Å²) < 4.78 is 41.4. The number of rotatable bonds is 4. The van der Waals surface area contributed by atoms with Gasteiger partial charge in [-0.2, -0.15) is 13.2 Å². The molecule has 2 nitrogen and oxygen atoms in total. The van der Waals surface area contributed by atoms with Gasteiger partial charge in [-0.3, -0.25) is 0 Å². The molecular formula is C10H11BrF3NO. The van der Waals surface area contributed by atoms with Crippen LogP contribution in [0.3, 0.4) is 0 Å². The summed E-state index contributed by atoms with van der Waals surface area (Å²) in [6.45, 7) is -1.30. The first-order chi connectivity index (χ1) is 7.44. The number of halogens is 4. The predicted molar refractivity (Wildman–Crippen MR) is 57.9 cm³/mol. The lowest BCUT2D eigenvalue weighted by atomic mass is 10.1. The maximum absolute atomic E-state index is 12.0. The van der Waals surface area contributed by atoms with Crippen molar-refractivity contribution in [3.63, 3.8) is 0 Å². The van der Waals surface area contributed by atoms with Crippen molar-refractivity contribution in [3.05, 3.63) is 34.3 Å². The Morgan fingerprint density at radius 1 is 1.31 bits per heavy atom. The van der Waals surface area contributed by atoms with Crippen LogP contribution in [0.5, 0.6) is 0 Å². The van der Waals surface area contributed by atoms with Crippen molar-refractivity contribution >= 4 is 15.9 Å². The van der Waals surface area contributed by atoms with Gasteiger partial charge in [0.15, 0.2) is 0 Å². The molecule has 1 atom stereocenters. The second-order valence-corrected chi connectivity index (χ2v) is 4.03. The van der Waals surface area contributed by atoms with E-state index in [4.69, 9.17) is 10.5 Å². The van der Waals surface area contributed by atoms with Crippen molar-refractivity contribution in [1.29, 1.82) is 0 Å².